The predicted octanol–water partition coefficient (Wildman–Crippen LogP) is 2.82. The summed E-state index contributed by atoms with van der Waals surface area (Å²) in [5.41, 5.74) is 2.28. The molecule has 4 aromatic rings. The average molecular weight is 580 g/mol. The van der Waals surface area contributed by atoms with E-state index in [4.69, 9.17) is 9.40 Å². The lowest BCUT2D eigenvalue weighted by molar-refractivity contribution is -0.146. The Morgan fingerprint density at radius 3 is 2.71 bits per heavy atom. The first-order valence-electron chi connectivity index (χ1n) is 12.5. The number of anilines is 1. The number of fused-ring (bicyclic) bond motifs is 1. The van der Waals surface area contributed by atoms with Gasteiger partial charge in [-0.3, -0.25) is 9.59 Å². The summed E-state index contributed by atoms with van der Waals surface area (Å²) in [4.78, 5) is 37.7. The van der Waals surface area contributed by atoms with E-state index in [-0.39, 0.29) is 30.3 Å². The summed E-state index contributed by atoms with van der Waals surface area (Å²) in [6, 6.07) is 7.70. The van der Waals surface area contributed by atoms with E-state index in [9.17, 15) is 9.59 Å². The number of halogens is 1. The van der Waals surface area contributed by atoms with Gasteiger partial charge in [-0.15, -0.1) is 10.2 Å². The molecule has 3 aromatic heterocycles. The minimum Gasteiger partial charge on any atom is -0.421 e. The molecule has 1 saturated heterocycles. The third-order valence-corrected chi connectivity index (χ3v) is 7.73. The number of carbonyl (C=O) groups excluding carboxylic acids is 2. The third kappa shape index (κ3) is 4.62. The highest BCUT2D eigenvalue weighted by Crippen LogP contribution is 2.31. The smallest absolute Gasteiger partial charge is 0.247 e. The van der Waals surface area contributed by atoms with Crippen molar-refractivity contribution in [2.24, 2.45) is 5.92 Å². The number of hydrogen-bond acceptors (Lipinski definition) is 9. The molecule has 4 heterocycles. The van der Waals surface area contributed by atoms with E-state index in [2.05, 4.69) is 41.5 Å². The largest absolute Gasteiger partial charge is 0.421 e. The molecule has 6 rings (SSSR count). The zero-order valence-corrected chi connectivity index (χ0v) is 22.6. The molecule has 1 N–H and O–H groups in total. The zero-order chi connectivity index (χ0) is 26.4. The van der Waals surface area contributed by atoms with E-state index in [1.807, 2.05) is 24.3 Å². The fourth-order valence-electron chi connectivity index (χ4n) is 5.00. The molecule has 0 unspecified atom stereocenters. The van der Waals surface area contributed by atoms with Crippen molar-refractivity contribution >= 4 is 44.7 Å². The average Bonchev–Trinajstić information content (AvgIpc) is 3.65. The van der Waals surface area contributed by atoms with Crippen LogP contribution in [0.4, 0.5) is 5.95 Å². The minimum absolute atomic E-state index is 0.0128. The molecule has 1 aliphatic heterocycles. The van der Waals surface area contributed by atoms with Gasteiger partial charge in [0.1, 0.15) is 4.60 Å². The van der Waals surface area contributed by atoms with Crippen molar-refractivity contribution in [1.29, 1.82) is 0 Å². The van der Waals surface area contributed by atoms with Crippen LogP contribution in [0, 0.1) is 12.8 Å². The summed E-state index contributed by atoms with van der Waals surface area (Å²) in [5, 5.41) is 16.7. The van der Waals surface area contributed by atoms with Crippen molar-refractivity contribution < 1.29 is 14.0 Å². The van der Waals surface area contributed by atoms with Gasteiger partial charge in [-0.2, -0.15) is 10.1 Å². The highest BCUT2D eigenvalue weighted by molar-refractivity contribution is 9.10. The Hall–Kier alpha value is -3.87. The Bertz CT molecular complexity index is 1520. The second kappa shape index (κ2) is 9.78. The van der Waals surface area contributed by atoms with Crippen molar-refractivity contribution in [3.8, 4) is 17.1 Å². The van der Waals surface area contributed by atoms with Gasteiger partial charge in [0.05, 0.1) is 17.6 Å². The van der Waals surface area contributed by atoms with Crippen LogP contribution in [0.5, 0.6) is 0 Å². The molecule has 196 valence electrons. The van der Waals surface area contributed by atoms with Crippen LogP contribution in [0.15, 0.2) is 39.5 Å². The van der Waals surface area contributed by atoms with E-state index >= 15 is 0 Å². The van der Waals surface area contributed by atoms with E-state index in [0.29, 0.717) is 47.5 Å². The van der Waals surface area contributed by atoms with Gasteiger partial charge >= 0.3 is 0 Å². The Kier molecular flexibility index (Phi) is 6.30. The maximum absolute atomic E-state index is 13.0. The normalized spacial score (nSPS) is 19.9. The molecule has 2 aliphatic rings. The van der Waals surface area contributed by atoms with Crippen LogP contribution >= 0.6 is 15.9 Å². The number of carbonyl (C=O) groups is 2. The number of likely N-dealkylation sites (N-methyl/N-ethyl adjacent to an activating group) is 1. The second-order valence-corrected chi connectivity index (χ2v) is 10.5. The van der Waals surface area contributed by atoms with Gasteiger partial charge in [0, 0.05) is 50.8 Å². The van der Waals surface area contributed by atoms with Crippen LogP contribution in [-0.4, -0.2) is 84.3 Å². The molecule has 1 aromatic carbocycles. The monoisotopic (exact) mass is 579 g/mol. The zero-order valence-electron chi connectivity index (χ0n) is 21.0. The van der Waals surface area contributed by atoms with Crippen molar-refractivity contribution in [1.82, 2.24) is 39.7 Å². The highest BCUT2D eigenvalue weighted by atomic mass is 79.9. The Morgan fingerprint density at radius 1 is 1.16 bits per heavy atom. The molecular weight excluding hydrogens is 554 g/mol. The van der Waals surface area contributed by atoms with Crippen LogP contribution in [0.1, 0.15) is 25.2 Å². The van der Waals surface area contributed by atoms with Crippen molar-refractivity contribution in [3.05, 3.63) is 41.0 Å². The number of aryl methyl sites for hydroxylation is 1. The first-order chi connectivity index (χ1) is 18.4. The van der Waals surface area contributed by atoms with Gasteiger partial charge in [0.15, 0.2) is 5.65 Å². The molecule has 13 heteroatoms. The SMILES string of the molecule is Cc1nnc(-c2ccc(-n3nc(Br)c4cnc(N[C@@H]5CC[C@@H](C(=O)N6CCN(C)C(=O)C6)C5)nc43)cc2)o1. The molecule has 2 amide bonds. The van der Waals surface area contributed by atoms with Gasteiger partial charge in [0.25, 0.3) is 0 Å². The Balaban J connectivity index is 1.17. The first kappa shape index (κ1) is 24.5. The molecule has 0 spiro atoms. The third-order valence-electron chi connectivity index (χ3n) is 7.15. The van der Waals surface area contributed by atoms with Gasteiger partial charge in [-0.1, -0.05) is 0 Å². The molecule has 38 heavy (non-hydrogen) atoms. The van der Waals surface area contributed by atoms with Crippen LogP contribution < -0.4 is 5.32 Å². The number of hydrogen-bond donors (Lipinski definition) is 1. The van der Waals surface area contributed by atoms with E-state index in [1.165, 1.54) is 0 Å². The maximum Gasteiger partial charge on any atom is 0.247 e. The quantitative estimate of drug-likeness (QED) is 0.378. The minimum atomic E-state index is -0.103. The number of piperazine rings is 1. The van der Waals surface area contributed by atoms with E-state index in [1.54, 1.807) is 34.6 Å². The lowest BCUT2D eigenvalue weighted by Crippen LogP contribution is -2.52. The lowest BCUT2D eigenvalue weighted by atomic mass is 10.1. The van der Waals surface area contributed by atoms with E-state index < -0.39 is 0 Å². The number of amides is 2. The fraction of sp³-hybridized carbons (Fsp3) is 0.400. The molecule has 12 nitrogen and oxygen atoms in total. The lowest BCUT2D eigenvalue weighted by Gasteiger charge is -2.33. The van der Waals surface area contributed by atoms with Crippen LogP contribution in [0.25, 0.3) is 28.2 Å². The maximum atomic E-state index is 13.0. The molecule has 1 aliphatic carbocycles. The number of nitrogens with zero attached hydrogens (tertiary/aromatic N) is 8. The molecule has 2 fully saturated rings. The van der Waals surface area contributed by atoms with Gasteiger partial charge in [0.2, 0.25) is 29.5 Å². The standard InChI is InChI=1S/C25H26BrN9O3/c1-14-30-31-23(38-14)15-4-7-18(8-5-15)35-22-19(21(26)32-35)12-27-25(29-22)28-17-6-3-16(11-17)24(37)34-10-9-33(2)20(36)13-34/h4-5,7-8,12,16-17H,3,6,9-11,13H2,1-2H3,(H,27,28,29)/t16-,17-/m1/s1. The summed E-state index contributed by atoms with van der Waals surface area (Å²) in [6.45, 7) is 3.08. The number of rotatable bonds is 5. The number of aromatic nitrogens is 6. The van der Waals surface area contributed by atoms with Gasteiger partial charge in [-0.05, 0) is 59.5 Å². The fourth-order valence-corrected chi connectivity index (χ4v) is 5.44. The van der Waals surface area contributed by atoms with E-state index in [0.717, 1.165) is 29.5 Å². The van der Waals surface area contributed by atoms with Crippen molar-refractivity contribution in [3.63, 3.8) is 0 Å². The Labute approximate surface area is 226 Å². The Morgan fingerprint density at radius 2 is 1.97 bits per heavy atom. The molecule has 0 bridgehead atoms. The number of nitrogens with one attached hydrogen (secondary N) is 1. The summed E-state index contributed by atoms with van der Waals surface area (Å²) < 4.78 is 7.91. The summed E-state index contributed by atoms with van der Waals surface area (Å²) >= 11 is 3.52. The molecule has 1 saturated carbocycles. The highest BCUT2D eigenvalue weighted by Gasteiger charge is 2.35. The molecule has 0 radical (unpaired) electrons. The van der Waals surface area contributed by atoms with Crippen LogP contribution in [0.3, 0.4) is 0 Å². The molecule has 2 atom stereocenters. The summed E-state index contributed by atoms with van der Waals surface area (Å²) in [7, 11) is 1.77. The second-order valence-electron chi connectivity index (χ2n) is 9.73. The first-order valence-corrected chi connectivity index (χ1v) is 13.3. The van der Waals surface area contributed by atoms with Crippen LogP contribution in [0.2, 0.25) is 0 Å². The van der Waals surface area contributed by atoms with Crippen molar-refractivity contribution in [2.75, 3.05) is 32.0 Å². The van der Waals surface area contributed by atoms with Gasteiger partial charge < -0.3 is 19.5 Å². The summed E-state index contributed by atoms with van der Waals surface area (Å²) in [5.74, 6) is 1.40. The molecular formula is C25H26BrN9O3. The number of benzene rings is 1. The summed E-state index contributed by atoms with van der Waals surface area (Å²) in [6.07, 6.45) is 4.02. The van der Waals surface area contributed by atoms with Crippen LogP contribution in [-0.2, 0) is 9.59 Å². The predicted molar refractivity (Wildman–Crippen MR) is 141 cm³/mol. The van der Waals surface area contributed by atoms with Gasteiger partial charge in [-0.25, -0.2) is 9.67 Å². The topological polar surface area (TPSA) is 135 Å². The van der Waals surface area contributed by atoms with Crippen molar-refractivity contribution in [2.45, 2.75) is 32.2 Å².